The highest BCUT2D eigenvalue weighted by atomic mass is 35.5. The molecule has 0 fully saturated rings. The van der Waals surface area contributed by atoms with E-state index in [4.69, 9.17) is 23.2 Å². The van der Waals surface area contributed by atoms with Crippen LogP contribution in [0, 0.1) is 0 Å². The molecule has 0 aromatic carbocycles. The van der Waals surface area contributed by atoms with Gasteiger partial charge in [0.25, 0.3) is 5.91 Å². The predicted molar refractivity (Wildman–Crippen MR) is 52.5 cm³/mol. The van der Waals surface area contributed by atoms with Gasteiger partial charge < -0.3 is 5.73 Å². The van der Waals surface area contributed by atoms with E-state index in [-0.39, 0.29) is 16.5 Å². The van der Waals surface area contributed by atoms with Gasteiger partial charge in [-0.1, -0.05) is 11.6 Å². The van der Waals surface area contributed by atoms with Crippen LogP contribution < -0.4 is 11.6 Å². The second kappa shape index (κ2) is 4.20. The van der Waals surface area contributed by atoms with Crippen molar-refractivity contribution in [1.29, 1.82) is 0 Å². The van der Waals surface area contributed by atoms with E-state index in [1.165, 1.54) is 0 Å². The summed E-state index contributed by atoms with van der Waals surface area (Å²) in [6.45, 7) is 1.13. The third kappa shape index (κ3) is 2.20. The molecule has 8 heteroatoms. The fourth-order valence-corrected chi connectivity index (χ4v) is 1.06. The number of imide groups is 1. The molecule has 15 heavy (non-hydrogen) atoms. The molecule has 2 amide bonds. The number of amides is 2. The highest BCUT2D eigenvalue weighted by Gasteiger charge is 2.22. The Morgan fingerprint density at radius 2 is 2.07 bits per heavy atom. The lowest BCUT2D eigenvalue weighted by molar-refractivity contribution is -0.126. The fourth-order valence-electron chi connectivity index (χ4n) is 0.838. The monoisotopic (exact) mass is 229 g/mol. The van der Waals surface area contributed by atoms with Crippen molar-refractivity contribution in [1.82, 2.24) is 15.0 Å². The molecule has 1 aromatic rings. The summed E-state index contributed by atoms with van der Waals surface area (Å²) >= 11 is 5.63. The Morgan fingerprint density at radius 3 is 2.53 bits per heavy atom. The van der Waals surface area contributed by atoms with E-state index in [0.717, 1.165) is 13.3 Å². The SMILES string of the molecule is CC(=O)N(N)C(=O)c1c(N)ncnc1Cl. The molecule has 0 saturated carbocycles. The van der Waals surface area contributed by atoms with Crippen molar-refractivity contribution < 1.29 is 9.59 Å². The molecule has 0 spiro atoms. The predicted octanol–water partition coefficient (Wildman–Crippen LogP) is -0.425. The van der Waals surface area contributed by atoms with Crippen molar-refractivity contribution >= 4 is 29.2 Å². The van der Waals surface area contributed by atoms with Crippen molar-refractivity contribution in [2.45, 2.75) is 6.92 Å². The molecule has 1 rings (SSSR count). The fraction of sp³-hybridized carbons (Fsp3) is 0.143. The molecule has 80 valence electrons. The Hall–Kier alpha value is -1.73. The average Bonchev–Trinajstić information content (AvgIpc) is 2.15. The van der Waals surface area contributed by atoms with E-state index in [9.17, 15) is 9.59 Å². The van der Waals surface area contributed by atoms with E-state index in [2.05, 4.69) is 9.97 Å². The highest BCUT2D eigenvalue weighted by Crippen LogP contribution is 2.18. The summed E-state index contributed by atoms with van der Waals surface area (Å²) in [6, 6.07) is 0. The number of halogens is 1. The number of anilines is 1. The van der Waals surface area contributed by atoms with Crippen LogP contribution in [0.4, 0.5) is 5.82 Å². The van der Waals surface area contributed by atoms with Crippen LogP contribution in [0.25, 0.3) is 0 Å². The third-order valence-corrected chi connectivity index (χ3v) is 1.89. The number of hydrogen-bond acceptors (Lipinski definition) is 6. The summed E-state index contributed by atoms with van der Waals surface area (Å²) in [5.74, 6) is 3.58. The number of carbonyl (C=O) groups excluding carboxylic acids is 2. The Morgan fingerprint density at radius 1 is 1.47 bits per heavy atom. The molecule has 4 N–H and O–H groups in total. The van der Waals surface area contributed by atoms with Gasteiger partial charge in [-0.3, -0.25) is 9.59 Å². The molecule has 1 heterocycles. The quantitative estimate of drug-likeness (QED) is 0.292. The topological polar surface area (TPSA) is 115 Å². The van der Waals surface area contributed by atoms with Crippen molar-refractivity contribution in [3.63, 3.8) is 0 Å². The van der Waals surface area contributed by atoms with Crippen LogP contribution in [0.5, 0.6) is 0 Å². The molecule has 0 bridgehead atoms. The van der Waals surface area contributed by atoms with E-state index in [1.54, 1.807) is 0 Å². The van der Waals surface area contributed by atoms with Gasteiger partial charge in [-0.2, -0.15) is 0 Å². The van der Waals surface area contributed by atoms with Gasteiger partial charge >= 0.3 is 0 Å². The van der Waals surface area contributed by atoms with Gasteiger partial charge in [0.1, 0.15) is 22.9 Å². The first-order valence-electron chi connectivity index (χ1n) is 3.80. The van der Waals surface area contributed by atoms with Crippen LogP contribution in [0.15, 0.2) is 6.33 Å². The zero-order valence-electron chi connectivity index (χ0n) is 7.77. The number of hydrogen-bond donors (Lipinski definition) is 2. The molecule has 7 nitrogen and oxygen atoms in total. The van der Waals surface area contributed by atoms with Crippen LogP contribution in [0.3, 0.4) is 0 Å². The van der Waals surface area contributed by atoms with Crippen molar-refractivity contribution in [2.24, 2.45) is 5.84 Å². The van der Waals surface area contributed by atoms with Crippen LogP contribution in [-0.2, 0) is 4.79 Å². The lowest BCUT2D eigenvalue weighted by atomic mass is 10.3. The molecular weight excluding hydrogens is 222 g/mol. The van der Waals surface area contributed by atoms with E-state index in [1.807, 2.05) is 0 Å². The Kier molecular flexibility index (Phi) is 3.17. The van der Waals surface area contributed by atoms with E-state index < -0.39 is 11.8 Å². The van der Waals surface area contributed by atoms with Gasteiger partial charge in [0, 0.05) is 6.92 Å². The van der Waals surface area contributed by atoms with Gasteiger partial charge in [0.15, 0.2) is 0 Å². The first kappa shape index (κ1) is 11.3. The van der Waals surface area contributed by atoms with Crippen LogP contribution in [0.1, 0.15) is 17.3 Å². The normalized spacial score (nSPS) is 9.80. The van der Waals surface area contributed by atoms with Crippen molar-refractivity contribution in [3.8, 4) is 0 Å². The molecule has 0 radical (unpaired) electrons. The maximum absolute atomic E-state index is 11.6. The van der Waals surface area contributed by atoms with E-state index >= 15 is 0 Å². The Balaban J connectivity index is 3.17. The first-order valence-corrected chi connectivity index (χ1v) is 4.18. The average molecular weight is 230 g/mol. The molecule has 0 saturated heterocycles. The van der Waals surface area contributed by atoms with Crippen molar-refractivity contribution in [3.05, 3.63) is 17.0 Å². The Bertz CT molecular complexity index is 402. The lowest BCUT2D eigenvalue weighted by Gasteiger charge is -2.13. The van der Waals surface area contributed by atoms with Crippen LogP contribution in [-0.4, -0.2) is 26.8 Å². The van der Waals surface area contributed by atoms with Gasteiger partial charge in [-0.15, -0.1) is 0 Å². The molecular formula is C7H8ClN5O2. The maximum atomic E-state index is 11.6. The molecule has 1 aromatic heterocycles. The van der Waals surface area contributed by atoms with Gasteiger partial charge in [-0.05, 0) is 0 Å². The molecule has 0 aliphatic rings. The zero-order valence-corrected chi connectivity index (χ0v) is 8.52. The van der Waals surface area contributed by atoms with Crippen LogP contribution >= 0.6 is 11.6 Å². The zero-order chi connectivity index (χ0) is 11.6. The number of nitrogen functional groups attached to an aromatic ring is 1. The minimum absolute atomic E-state index is 0.128. The smallest absolute Gasteiger partial charge is 0.281 e. The minimum atomic E-state index is -0.842. The number of rotatable bonds is 1. The number of nitrogens with zero attached hydrogens (tertiary/aromatic N) is 3. The molecule has 0 atom stereocenters. The summed E-state index contributed by atoms with van der Waals surface area (Å²) in [6.07, 6.45) is 1.10. The minimum Gasteiger partial charge on any atom is -0.383 e. The maximum Gasteiger partial charge on any atom is 0.281 e. The second-order valence-electron chi connectivity index (χ2n) is 2.62. The largest absolute Gasteiger partial charge is 0.383 e. The lowest BCUT2D eigenvalue weighted by Crippen LogP contribution is -2.41. The molecule has 0 aliphatic heterocycles. The number of hydrazine groups is 1. The standard InChI is InChI=1S/C7H8ClN5O2/c1-3(14)13(10)7(15)4-5(8)11-2-12-6(4)9/h2H,10H2,1H3,(H2,9,11,12). The number of carbonyl (C=O) groups is 2. The number of nitrogens with two attached hydrogens (primary N) is 2. The van der Waals surface area contributed by atoms with Gasteiger partial charge in [-0.25, -0.2) is 20.8 Å². The summed E-state index contributed by atoms with van der Waals surface area (Å²) in [4.78, 5) is 29.5. The molecule has 0 unspecified atom stereocenters. The number of aromatic nitrogens is 2. The summed E-state index contributed by atoms with van der Waals surface area (Å²) < 4.78 is 0. The molecule has 0 aliphatic carbocycles. The second-order valence-corrected chi connectivity index (χ2v) is 2.98. The third-order valence-electron chi connectivity index (χ3n) is 1.60. The van der Waals surface area contributed by atoms with Crippen LogP contribution in [0.2, 0.25) is 5.15 Å². The van der Waals surface area contributed by atoms with Crippen molar-refractivity contribution in [2.75, 3.05) is 5.73 Å². The van der Waals surface area contributed by atoms with E-state index in [0.29, 0.717) is 5.01 Å². The first-order chi connectivity index (χ1) is 6.95. The van der Waals surface area contributed by atoms with Gasteiger partial charge in [0.05, 0.1) is 0 Å². The summed E-state index contributed by atoms with van der Waals surface area (Å²) in [7, 11) is 0. The Labute approximate surface area is 90.0 Å². The summed E-state index contributed by atoms with van der Waals surface area (Å²) in [5, 5.41) is 0.241. The summed E-state index contributed by atoms with van der Waals surface area (Å²) in [5.41, 5.74) is 5.23. The highest BCUT2D eigenvalue weighted by molar-refractivity contribution is 6.33. The van der Waals surface area contributed by atoms with Gasteiger partial charge in [0.2, 0.25) is 5.91 Å².